The van der Waals surface area contributed by atoms with Gasteiger partial charge in [0.25, 0.3) is 0 Å². The van der Waals surface area contributed by atoms with Crippen molar-refractivity contribution in [1.29, 1.82) is 0 Å². The number of carbonyl (C=O) groups is 1. The van der Waals surface area contributed by atoms with Gasteiger partial charge in [-0.2, -0.15) is 0 Å². The Kier molecular flexibility index (Phi) is 3.36. The Labute approximate surface area is 107 Å². The SMILES string of the molecule is O=C1OC=CC1(CCBr)c1ccc(Cl)cc1. The summed E-state index contributed by atoms with van der Waals surface area (Å²) in [6.07, 6.45) is 3.93. The fourth-order valence-electron chi connectivity index (χ4n) is 1.83. The van der Waals surface area contributed by atoms with Crippen LogP contribution in [0.2, 0.25) is 5.02 Å². The Morgan fingerprint density at radius 1 is 1.31 bits per heavy atom. The number of alkyl halides is 1. The van der Waals surface area contributed by atoms with Gasteiger partial charge in [0, 0.05) is 10.4 Å². The second kappa shape index (κ2) is 4.60. The van der Waals surface area contributed by atoms with Gasteiger partial charge in [0.1, 0.15) is 5.41 Å². The molecule has 2 rings (SSSR count). The van der Waals surface area contributed by atoms with Crippen LogP contribution in [-0.4, -0.2) is 11.3 Å². The number of hydrogen-bond donors (Lipinski definition) is 0. The molecular weight excluding hydrogens is 291 g/mol. The van der Waals surface area contributed by atoms with Crippen molar-refractivity contribution in [3.8, 4) is 0 Å². The minimum atomic E-state index is -0.659. The van der Waals surface area contributed by atoms with Crippen molar-refractivity contribution in [2.24, 2.45) is 0 Å². The average Bonchev–Trinajstić information content (AvgIpc) is 2.63. The number of cyclic esters (lactones) is 1. The monoisotopic (exact) mass is 300 g/mol. The van der Waals surface area contributed by atoms with E-state index in [0.717, 1.165) is 10.9 Å². The first-order valence-electron chi connectivity index (χ1n) is 4.90. The zero-order valence-corrected chi connectivity index (χ0v) is 10.8. The van der Waals surface area contributed by atoms with Crippen LogP contribution in [0.25, 0.3) is 0 Å². The number of ether oxygens (including phenoxy) is 1. The van der Waals surface area contributed by atoms with Crippen molar-refractivity contribution < 1.29 is 9.53 Å². The van der Waals surface area contributed by atoms with Gasteiger partial charge in [-0.15, -0.1) is 0 Å². The lowest BCUT2D eigenvalue weighted by molar-refractivity contribution is -0.140. The lowest BCUT2D eigenvalue weighted by Crippen LogP contribution is -2.31. The molecule has 0 spiro atoms. The van der Waals surface area contributed by atoms with Crippen molar-refractivity contribution in [2.45, 2.75) is 11.8 Å². The van der Waals surface area contributed by atoms with E-state index in [2.05, 4.69) is 15.9 Å². The third-order valence-corrected chi connectivity index (χ3v) is 3.39. The summed E-state index contributed by atoms with van der Waals surface area (Å²) in [5.41, 5.74) is 0.253. The van der Waals surface area contributed by atoms with E-state index < -0.39 is 5.41 Å². The normalized spacial score (nSPS) is 23.5. The quantitative estimate of drug-likeness (QED) is 0.631. The highest BCUT2D eigenvalue weighted by Gasteiger charge is 2.42. The molecule has 1 aromatic carbocycles. The highest BCUT2D eigenvalue weighted by molar-refractivity contribution is 9.09. The second-order valence-electron chi connectivity index (χ2n) is 3.63. The number of benzene rings is 1. The van der Waals surface area contributed by atoms with E-state index in [-0.39, 0.29) is 5.97 Å². The molecule has 0 amide bonds. The fraction of sp³-hybridized carbons (Fsp3) is 0.250. The Hall–Kier alpha value is -0.800. The van der Waals surface area contributed by atoms with Gasteiger partial charge >= 0.3 is 5.97 Å². The maximum atomic E-state index is 11.8. The van der Waals surface area contributed by atoms with Crippen LogP contribution in [0, 0.1) is 0 Å². The predicted molar refractivity (Wildman–Crippen MR) is 66.8 cm³/mol. The maximum absolute atomic E-state index is 11.8. The number of rotatable bonds is 3. The molecule has 2 nitrogen and oxygen atoms in total. The Morgan fingerprint density at radius 3 is 2.50 bits per heavy atom. The summed E-state index contributed by atoms with van der Waals surface area (Å²) in [5.74, 6) is -0.228. The highest BCUT2D eigenvalue weighted by atomic mass is 79.9. The van der Waals surface area contributed by atoms with Gasteiger partial charge in [0.15, 0.2) is 0 Å². The van der Waals surface area contributed by atoms with Crippen molar-refractivity contribution in [1.82, 2.24) is 0 Å². The maximum Gasteiger partial charge on any atom is 0.325 e. The van der Waals surface area contributed by atoms with Crippen molar-refractivity contribution in [2.75, 3.05) is 5.33 Å². The molecule has 16 heavy (non-hydrogen) atoms. The molecule has 0 aliphatic carbocycles. The topological polar surface area (TPSA) is 26.3 Å². The van der Waals surface area contributed by atoms with Gasteiger partial charge in [-0.1, -0.05) is 39.7 Å². The summed E-state index contributed by atoms with van der Waals surface area (Å²) in [4.78, 5) is 11.8. The van der Waals surface area contributed by atoms with Crippen molar-refractivity contribution in [3.63, 3.8) is 0 Å². The lowest BCUT2D eigenvalue weighted by Gasteiger charge is -2.23. The second-order valence-corrected chi connectivity index (χ2v) is 4.85. The van der Waals surface area contributed by atoms with Crippen LogP contribution in [0.1, 0.15) is 12.0 Å². The molecule has 1 aliphatic rings. The summed E-state index contributed by atoms with van der Waals surface area (Å²) in [6.45, 7) is 0. The molecule has 1 unspecified atom stereocenters. The molecule has 0 fully saturated rings. The summed E-state index contributed by atoms with van der Waals surface area (Å²) in [6, 6.07) is 7.29. The van der Waals surface area contributed by atoms with Crippen LogP contribution >= 0.6 is 27.5 Å². The number of hydrogen-bond acceptors (Lipinski definition) is 2. The van der Waals surface area contributed by atoms with Gasteiger partial charge < -0.3 is 4.74 Å². The summed E-state index contributed by atoms with van der Waals surface area (Å²) in [5, 5.41) is 1.39. The first-order valence-corrected chi connectivity index (χ1v) is 6.40. The molecule has 0 bridgehead atoms. The van der Waals surface area contributed by atoms with E-state index in [1.807, 2.05) is 12.1 Å². The number of halogens is 2. The zero-order valence-electron chi connectivity index (χ0n) is 8.45. The largest absolute Gasteiger partial charge is 0.434 e. The molecule has 1 atom stereocenters. The molecule has 0 saturated heterocycles. The van der Waals surface area contributed by atoms with Crippen LogP contribution in [0.3, 0.4) is 0 Å². The third kappa shape index (κ3) is 1.89. The first-order chi connectivity index (χ1) is 7.69. The van der Waals surface area contributed by atoms with Gasteiger partial charge in [0.2, 0.25) is 0 Å². The van der Waals surface area contributed by atoms with Gasteiger partial charge in [-0.05, 0) is 30.2 Å². The van der Waals surface area contributed by atoms with Gasteiger partial charge in [-0.3, -0.25) is 4.79 Å². The summed E-state index contributed by atoms with van der Waals surface area (Å²) >= 11 is 9.20. The number of esters is 1. The van der Waals surface area contributed by atoms with E-state index >= 15 is 0 Å². The average molecular weight is 302 g/mol. The summed E-state index contributed by atoms with van der Waals surface area (Å²) in [7, 11) is 0. The molecule has 0 aromatic heterocycles. The molecule has 4 heteroatoms. The van der Waals surface area contributed by atoms with E-state index in [0.29, 0.717) is 11.4 Å². The Bertz CT molecular complexity index is 427. The van der Waals surface area contributed by atoms with Crippen molar-refractivity contribution >= 4 is 33.5 Å². The van der Waals surface area contributed by atoms with Crippen molar-refractivity contribution in [3.05, 3.63) is 47.2 Å². The Balaban J connectivity index is 2.43. The van der Waals surface area contributed by atoms with Crippen LogP contribution in [-0.2, 0) is 14.9 Å². The molecule has 0 saturated carbocycles. The minimum Gasteiger partial charge on any atom is -0.434 e. The fourth-order valence-corrected chi connectivity index (χ4v) is 2.58. The molecule has 1 aliphatic heterocycles. The van der Waals surface area contributed by atoms with E-state index in [9.17, 15) is 4.79 Å². The highest BCUT2D eigenvalue weighted by Crippen LogP contribution is 2.36. The van der Waals surface area contributed by atoms with Crippen LogP contribution in [0.4, 0.5) is 0 Å². The zero-order chi connectivity index (χ0) is 11.6. The van der Waals surface area contributed by atoms with Crippen LogP contribution in [0.15, 0.2) is 36.6 Å². The lowest BCUT2D eigenvalue weighted by atomic mass is 9.79. The summed E-state index contributed by atoms with van der Waals surface area (Å²) < 4.78 is 4.93. The first kappa shape index (κ1) is 11.7. The van der Waals surface area contributed by atoms with Gasteiger partial charge in [0.05, 0.1) is 6.26 Å². The number of carbonyl (C=O) groups excluding carboxylic acids is 1. The van der Waals surface area contributed by atoms with E-state index in [1.165, 1.54) is 6.26 Å². The van der Waals surface area contributed by atoms with Crippen LogP contribution in [0.5, 0.6) is 0 Å². The molecule has 84 valence electrons. The Morgan fingerprint density at radius 2 is 2.00 bits per heavy atom. The van der Waals surface area contributed by atoms with E-state index in [1.54, 1.807) is 18.2 Å². The molecular formula is C12H10BrClO2. The standard InChI is InChI=1S/C12H10BrClO2/c13-7-5-12(6-8-16-11(12)15)9-1-3-10(14)4-2-9/h1-4,6,8H,5,7H2. The third-order valence-electron chi connectivity index (χ3n) is 2.74. The molecule has 1 aromatic rings. The molecule has 1 heterocycles. The van der Waals surface area contributed by atoms with Crippen LogP contribution < -0.4 is 0 Å². The minimum absolute atomic E-state index is 0.228. The van der Waals surface area contributed by atoms with E-state index in [4.69, 9.17) is 16.3 Å². The molecule has 0 radical (unpaired) electrons. The molecule has 0 N–H and O–H groups in total. The predicted octanol–water partition coefficient (Wildman–Crippen LogP) is 3.43. The van der Waals surface area contributed by atoms with Gasteiger partial charge in [-0.25, -0.2) is 0 Å². The smallest absolute Gasteiger partial charge is 0.325 e.